The van der Waals surface area contributed by atoms with Gasteiger partial charge in [0.15, 0.2) is 11.9 Å². The molecule has 2 aliphatic rings. The zero-order chi connectivity index (χ0) is 28.1. The second-order valence-corrected chi connectivity index (χ2v) is 11.1. The lowest BCUT2D eigenvalue weighted by Gasteiger charge is -2.34. The SMILES string of the molecule is Cc1cncc(-n2nc(C)c(-c3cc(N4CCOC[C@H]4C)nc4c(-c5ccnn5C5CCCCO5)cnn34)c2C)c1. The Labute approximate surface area is 238 Å². The highest BCUT2D eigenvalue weighted by Gasteiger charge is 2.27. The topological polar surface area (TPSA) is 100 Å². The second-order valence-electron chi connectivity index (χ2n) is 11.1. The fourth-order valence-electron chi connectivity index (χ4n) is 6.12. The Morgan fingerprint density at radius 2 is 1.88 bits per heavy atom. The van der Waals surface area contributed by atoms with Crippen molar-refractivity contribution in [2.24, 2.45) is 0 Å². The molecular formula is C30H35N9O2. The maximum absolute atomic E-state index is 6.10. The van der Waals surface area contributed by atoms with Crippen LogP contribution in [0.1, 0.15) is 49.4 Å². The first-order chi connectivity index (χ1) is 20.0. The highest BCUT2D eigenvalue weighted by Crippen LogP contribution is 2.36. The van der Waals surface area contributed by atoms with Crippen molar-refractivity contribution in [1.29, 1.82) is 0 Å². The largest absolute Gasteiger partial charge is 0.377 e. The van der Waals surface area contributed by atoms with E-state index < -0.39 is 0 Å². The Bertz CT molecular complexity index is 1710. The van der Waals surface area contributed by atoms with Crippen molar-refractivity contribution in [3.63, 3.8) is 0 Å². The average molecular weight is 554 g/mol. The number of anilines is 1. The van der Waals surface area contributed by atoms with Gasteiger partial charge in [-0.2, -0.15) is 15.3 Å². The van der Waals surface area contributed by atoms with Gasteiger partial charge >= 0.3 is 0 Å². The Kier molecular flexibility index (Phi) is 6.55. The molecule has 0 amide bonds. The number of morpholine rings is 1. The van der Waals surface area contributed by atoms with Crippen molar-refractivity contribution >= 4 is 11.5 Å². The van der Waals surface area contributed by atoms with Crippen LogP contribution in [0.2, 0.25) is 0 Å². The quantitative estimate of drug-likeness (QED) is 0.309. The predicted octanol–water partition coefficient (Wildman–Crippen LogP) is 4.69. The zero-order valence-corrected chi connectivity index (χ0v) is 24.0. The van der Waals surface area contributed by atoms with Crippen LogP contribution in [0.4, 0.5) is 5.82 Å². The maximum Gasteiger partial charge on any atom is 0.167 e. The van der Waals surface area contributed by atoms with Gasteiger partial charge in [0.1, 0.15) is 5.82 Å². The molecule has 2 fully saturated rings. The van der Waals surface area contributed by atoms with Gasteiger partial charge in [-0.05, 0) is 64.7 Å². The number of pyridine rings is 1. The molecule has 0 radical (unpaired) electrons. The number of hydrogen-bond acceptors (Lipinski definition) is 8. The van der Waals surface area contributed by atoms with E-state index in [2.05, 4.69) is 41.0 Å². The number of aromatic nitrogens is 8. The van der Waals surface area contributed by atoms with Crippen molar-refractivity contribution in [2.45, 2.75) is 59.2 Å². The van der Waals surface area contributed by atoms with Crippen molar-refractivity contribution in [1.82, 2.24) is 39.1 Å². The first-order valence-electron chi connectivity index (χ1n) is 14.4. The molecule has 11 nitrogen and oxygen atoms in total. The molecule has 2 saturated heterocycles. The van der Waals surface area contributed by atoms with E-state index >= 15 is 0 Å². The van der Waals surface area contributed by atoms with Gasteiger partial charge in [0.2, 0.25) is 0 Å². The molecule has 1 unspecified atom stereocenters. The van der Waals surface area contributed by atoms with Gasteiger partial charge in [0.05, 0.1) is 65.7 Å². The van der Waals surface area contributed by atoms with Crippen LogP contribution >= 0.6 is 0 Å². The van der Waals surface area contributed by atoms with E-state index in [9.17, 15) is 0 Å². The van der Waals surface area contributed by atoms with Gasteiger partial charge in [-0.3, -0.25) is 4.98 Å². The minimum absolute atomic E-state index is 0.0868. The molecule has 0 spiro atoms. The third-order valence-corrected chi connectivity index (χ3v) is 8.15. The molecule has 11 heteroatoms. The molecule has 212 valence electrons. The van der Waals surface area contributed by atoms with Crippen LogP contribution in [-0.2, 0) is 9.47 Å². The van der Waals surface area contributed by atoms with Gasteiger partial charge < -0.3 is 14.4 Å². The molecule has 2 aliphatic heterocycles. The van der Waals surface area contributed by atoms with Crippen LogP contribution in [0.15, 0.2) is 43.0 Å². The summed E-state index contributed by atoms with van der Waals surface area (Å²) in [5.41, 5.74) is 8.56. The fraction of sp³-hybridized carbons (Fsp3) is 0.433. The van der Waals surface area contributed by atoms with E-state index in [0.29, 0.717) is 13.2 Å². The molecule has 0 aromatic carbocycles. The van der Waals surface area contributed by atoms with Crippen molar-refractivity contribution < 1.29 is 9.47 Å². The van der Waals surface area contributed by atoms with Gasteiger partial charge in [0.25, 0.3) is 0 Å². The lowest BCUT2D eigenvalue weighted by atomic mass is 10.1. The van der Waals surface area contributed by atoms with E-state index in [0.717, 1.165) is 89.0 Å². The molecular weight excluding hydrogens is 518 g/mol. The zero-order valence-electron chi connectivity index (χ0n) is 24.0. The lowest BCUT2D eigenvalue weighted by Crippen LogP contribution is -2.44. The molecule has 0 saturated carbocycles. The summed E-state index contributed by atoms with van der Waals surface area (Å²) < 4.78 is 17.7. The summed E-state index contributed by atoms with van der Waals surface area (Å²) in [7, 11) is 0. The normalized spacial score (nSPS) is 19.8. The monoisotopic (exact) mass is 553 g/mol. The number of rotatable bonds is 5. The molecule has 0 aliphatic carbocycles. The van der Waals surface area contributed by atoms with Gasteiger partial charge in [-0.1, -0.05) is 0 Å². The van der Waals surface area contributed by atoms with Crippen molar-refractivity contribution in [2.75, 3.05) is 31.3 Å². The number of ether oxygens (including phenoxy) is 2. The second kappa shape index (κ2) is 10.4. The molecule has 41 heavy (non-hydrogen) atoms. The number of nitrogens with zero attached hydrogens (tertiary/aromatic N) is 9. The first-order valence-corrected chi connectivity index (χ1v) is 14.4. The summed E-state index contributed by atoms with van der Waals surface area (Å²) in [4.78, 5) is 11.9. The summed E-state index contributed by atoms with van der Waals surface area (Å²) in [6, 6.07) is 6.46. The van der Waals surface area contributed by atoms with E-state index in [4.69, 9.17) is 24.7 Å². The third kappa shape index (κ3) is 4.49. The molecule has 7 rings (SSSR count). The number of fused-ring (bicyclic) bond motifs is 1. The summed E-state index contributed by atoms with van der Waals surface area (Å²) in [5, 5.41) is 14.5. The highest BCUT2D eigenvalue weighted by molar-refractivity contribution is 5.80. The average Bonchev–Trinajstić information content (AvgIpc) is 3.70. The Morgan fingerprint density at radius 3 is 2.68 bits per heavy atom. The summed E-state index contributed by atoms with van der Waals surface area (Å²) in [6.45, 7) is 11.2. The first kappa shape index (κ1) is 25.8. The van der Waals surface area contributed by atoms with Crippen LogP contribution in [0.5, 0.6) is 0 Å². The van der Waals surface area contributed by atoms with E-state index in [1.54, 1.807) is 0 Å². The van der Waals surface area contributed by atoms with E-state index in [-0.39, 0.29) is 12.3 Å². The Morgan fingerprint density at radius 1 is 0.976 bits per heavy atom. The van der Waals surface area contributed by atoms with E-state index in [1.807, 2.05) is 58.6 Å². The molecule has 7 heterocycles. The van der Waals surface area contributed by atoms with Crippen molar-refractivity contribution in [3.8, 4) is 28.2 Å². The number of aryl methyl sites for hydroxylation is 2. The molecule has 0 bridgehead atoms. The minimum Gasteiger partial charge on any atom is -0.377 e. The van der Waals surface area contributed by atoms with Crippen LogP contribution in [0.25, 0.3) is 33.8 Å². The molecule has 5 aromatic heterocycles. The standard InChI is InChI=1S/C30H35N9O2/c1-19-13-23(16-31-15-19)37-22(4)29(21(3)35-37)26-14-27(36-10-12-40-18-20(36)2)34-30-24(17-33-39(26)30)25-8-9-32-38(25)28-7-5-6-11-41-28/h8-9,13-17,20,28H,5-7,10-12,18H2,1-4H3/t20-,28?/m1/s1. The minimum atomic E-state index is -0.0868. The van der Waals surface area contributed by atoms with Crippen molar-refractivity contribution in [3.05, 3.63) is 59.9 Å². The molecule has 5 aromatic rings. The third-order valence-electron chi connectivity index (χ3n) is 8.15. The molecule has 0 N–H and O–H groups in total. The summed E-state index contributed by atoms with van der Waals surface area (Å²) >= 11 is 0. The maximum atomic E-state index is 6.10. The lowest BCUT2D eigenvalue weighted by molar-refractivity contribution is -0.0383. The fourth-order valence-corrected chi connectivity index (χ4v) is 6.12. The van der Waals surface area contributed by atoms with E-state index in [1.165, 1.54) is 0 Å². The van der Waals surface area contributed by atoms with Crippen LogP contribution in [0, 0.1) is 20.8 Å². The Hall–Kier alpha value is -4.09. The van der Waals surface area contributed by atoms with Gasteiger partial charge in [0, 0.05) is 37.2 Å². The van der Waals surface area contributed by atoms with Gasteiger partial charge in [-0.25, -0.2) is 18.9 Å². The summed E-state index contributed by atoms with van der Waals surface area (Å²) in [5.74, 6) is 0.897. The highest BCUT2D eigenvalue weighted by atomic mass is 16.5. The Balaban J connectivity index is 1.43. The van der Waals surface area contributed by atoms with Crippen LogP contribution < -0.4 is 4.90 Å². The van der Waals surface area contributed by atoms with Crippen LogP contribution in [0.3, 0.4) is 0 Å². The molecule has 2 atom stereocenters. The smallest absolute Gasteiger partial charge is 0.167 e. The predicted molar refractivity (Wildman–Crippen MR) is 155 cm³/mol. The van der Waals surface area contributed by atoms with Crippen LogP contribution in [-0.4, -0.2) is 71.6 Å². The van der Waals surface area contributed by atoms with Gasteiger partial charge in [-0.15, -0.1) is 0 Å². The number of hydrogen-bond donors (Lipinski definition) is 0. The summed E-state index contributed by atoms with van der Waals surface area (Å²) in [6.07, 6.45) is 10.5.